The molecule has 1 saturated heterocycles. The third kappa shape index (κ3) is 4.74. The molecule has 0 aromatic carbocycles. The molecule has 6 heteroatoms. The van der Waals surface area contributed by atoms with E-state index in [0.717, 1.165) is 25.8 Å². The largest absolute Gasteiger partial charge is 0.352 e. The van der Waals surface area contributed by atoms with E-state index in [9.17, 15) is 9.59 Å². The summed E-state index contributed by atoms with van der Waals surface area (Å²) in [5.74, 6) is -0.0343. The molecule has 0 bridgehead atoms. The summed E-state index contributed by atoms with van der Waals surface area (Å²) in [4.78, 5) is 27.6. The smallest absolute Gasteiger partial charge is 0.317 e. The van der Waals surface area contributed by atoms with Crippen LogP contribution in [0.5, 0.6) is 0 Å². The molecule has 116 valence electrons. The molecular formula is C15H23N3O2S. The number of hydrogen-bond acceptors (Lipinski definition) is 3. The number of amides is 3. The van der Waals surface area contributed by atoms with E-state index in [2.05, 4.69) is 29.7 Å². The van der Waals surface area contributed by atoms with Crippen molar-refractivity contribution in [3.8, 4) is 0 Å². The van der Waals surface area contributed by atoms with Gasteiger partial charge < -0.3 is 15.5 Å². The van der Waals surface area contributed by atoms with Gasteiger partial charge in [0.25, 0.3) is 0 Å². The Labute approximate surface area is 129 Å². The molecule has 21 heavy (non-hydrogen) atoms. The van der Waals surface area contributed by atoms with Crippen molar-refractivity contribution in [3.63, 3.8) is 0 Å². The van der Waals surface area contributed by atoms with E-state index in [0.29, 0.717) is 13.1 Å². The molecule has 1 aromatic rings. The third-order valence-electron chi connectivity index (χ3n) is 3.60. The van der Waals surface area contributed by atoms with E-state index >= 15 is 0 Å². The van der Waals surface area contributed by atoms with Crippen LogP contribution in [0, 0.1) is 0 Å². The van der Waals surface area contributed by atoms with Crippen LogP contribution in [0.2, 0.25) is 0 Å². The average molecular weight is 309 g/mol. The quantitative estimate of drug-likeness (QED) is 0.895. The minimum Gasteiger partial charge on any atom is -0.352 e. The van der Waals surface area contributed by atoms with E-state index in [1.165, 1.54) is 16.7 Å². The number of urea groups is 1. The Balaban J connectivity index is 1.80. The first-order valence-corrected chi connectivity index (χ1v) is 8.27. The van der Waals surface area contributed by atoms with Crippen LogP contribution < -0.4 is 10.6 Å². The molecular weight excluding hydrogens is 286 g/mol. The van der Waals surface area contributed by atoms with Crippen LogP contribution in [0.3, 0.4) is 0 Å². The van der Waals surface area contributed by atoms with Gasteiger partial charge in [-0.25, -0.2) is 4.79 Å². The number of carbonyl (C=O) groups is 2. The number of nitrogens with one attached hydrogen (secondary N) is 2. The van der Waals surface area contributed by atoms with Gasteiger partial charge in [-0.1, -0.05) is 6.92 Å². The Morgan fingerprint density at radius 3 is 2.81 bits per heavy atom. The SMILES string of the molecule is CCc1ccc(CNC(=O)N2CCC[C@@H](NC(C)=O)C2)s1. The number of likely N-dealkylation sites (tertiary alicyclic amines) is 1. The van der Waals surface area contributed by atoms with Crippen molar-refractivity contribution in [2.75, 3.05) is 13.1 Å². The second-order valence-corrected chi connectivity index (χ2v) is 6.62. The van der Waals surface area contributed by atoms with Crippen molar-refractivity contribution in [2.24, 2.45) is 0 Å². The van der Waals surface area contributed by atoms with Crippen LogP contribution in [-0.4, -0.2) is 36.0 Å². The second kappa shape index (κ2) is 7.45. The van der Waals surface area contributed by atoms with Crippen molar-refractivity contribution in [2.45, 2.75) is 45.7 Å². The molecule has 0 unspecified atom stereocenters. The van der Waals surface area contributed by atoms with Crippen LogP contribution in [0.4, 0.5) is 4.79 Å². The Bertz CT molecular complexity index is 501. The fourth-order valence-corrected chi connectivity index (χ4v) is 3.45. The topological polar surface area (TPSA) is 61.4 Å². The first kappa shape index (κ1) is 15.8. The van der Waals surface area contributed by atoms with E-state index in [4.69, 9.17) is 0 Å². The predicted octanol–water partition coefficient (Wildman–Crippen LogP) is 2.12. The van der Waals surface area contributed by atoms with Gasteiger partial charge in [-0.05, 0) is 31.4 Å². The van der Waals surface area contributed by atoms with Crippen LogP contribution in [0.1, 0.15) is 36.4 Å². The lowest BCUT2D eigenvalue weighted by molar-refractivity contribution is -0.119. The standard InChI is InChI=1S/C15H23N3O2S/c1-3-13-6-7-14(21-13)9-16-15(20)18-8-4-5-12(10-18)17-11(2)19/h6-7,12H,3-5,8-10H2,1-2H3,(H,16,20)(H,17,19)/t12-/m1/s1. The van der Waals surface area contributed by atoms with Crippen molar-refractivity contribution < 1.29 is 9.59 Å². The van der Waals surface area contributed by atoms with Crippen molar-refractivity contribution in [1.29, 1.82) is 0 Å². The van der Waals surface area contributed by atoms with Gasteiger partial charge in [0.1, 0.15) is 0 Å². The number of aryl methyl sites for hydroxylation is 1. The zero-order valence-electron chi connectivity index (χ0n) is 12.6. The summed E-state index contributed by atoms with van der Waals surface area (Å²) in [6, 6.07) is 4.21. The molecule has 1 aliphatic heterocycles. The number of rotatable bonds is 4. The van der Waals surface area contributed by atoms with E-state index in [1.807, 2.05) is 0 Å². The third-order valence-corrected chi connectivity index (χ3v) is 4.83. The van der Waals surface area contributed by atoms with E-state index in [1.54, 1.807) is 16.2 Å². The van der Waals surface area contributed by atoms with Gasteiger partial charge in [-0.15, -0.1) is 11.3 Å². The first-order valence-electron chi connectivity index (χ1n) is 7.46. The van der Waals surface area contributed by atoms with Gasteiger partial charge in [0.05, 0.1) is 6.54 Å². The zero-order chi connectivity index (χ0) is 15.2. The summed E-state index contributed by atoms with van der Waals surface area (Å²) >= 11 is 1.74. The van der Waals surface area contributed by atoms with Crippen molar-refractivity contribution in [3.05, 3.63) is 21.9 Å². The van der Waals surface area contributed by atoms with Gasteiger partial charge >= 0.3 is 6.03 Å². The number of piperidine rings is 1. The summed E-state index contributed by atoms with van der Waals surface area (Å²) in [5, 5.41) is 5.86. The maximum Gasteiger partial charge on any atom is 0.317 e. The summed E-state index contributed by atoms with van der Waals surface area (Å²) in [7, 11) is 0. The highest BCUT2D eigenvalue weighted by Gasteiger charge is 2.23. The number of carbonyl (C=O) groups excluding carboxylic acids is 2. The van der Waals surface area contributed by atoms with E-state index in [-0.39, 0.29) is 18.0 Å². The average Bonchev–Trinajstić information content (AvgIpc) is 2.92. The molecule has 2 heterocycles. The van der Waals surface area contributed by atoms with Gasteiger partial charge in [0, 0.05) is 35.8 Å². The summed E-state index contributed by atoms with van der Waals surface area (Å²) in [6.45, 7) is 5.57. The molecule has 1 atom stereocenters. The Hall–Kier alpha value is -1.56. The number of hydrogen-bond donors (Lipinski definition) is 2. The minimum absolute atomic E-state index is 0.0343. The summed E-state index contributed by atoms with van der Waals surface area (Å²) in [6.07, 6.45) is 2.90. The van der Waals surface area contributed by atoms with Crippen molar-refractivity contribution in [1.82, 2.24) is 15.5 Å². The normalized spacial score (nSPS) is 18.4. The van der Waals surface area contributed by atoms with Gasteiger partial charge in [0.2, 0.25) is 5.91 Å². The highest BCUT2D eigenvalue weighted by Crippen LogP contribution is 2.17. The summed E-state index contributed by atoms with van der Waals surface area (Å²) in [5.41, 5.74) is 0. The highest BCUT2D eigenvalue weighted by molar-refractivity contribution is 7.11. The first-order chi connectivity index (χ1) is 10.1. The predicted molar refractivity (Wildman–Crippen MR) is 84.3 cm³/mol. The Kier molecular flexibility index (Phi) is 5.61. The highest BCUT2D eigenvalue weighted by atomic mass is 32.1. The fraction of sp³-hybridized carbons (Fsp3) is 0.600. The Morgan fingerprint density at radius 1 is 1.38 bits per heavy atom. The van der Waals surface area contributed by atoms with Gasteiger partial charge in [0.15, 0.2) is 0 Å². The van der Waals surface area contributed by atoms with Crippen LogP contribution in [0.25, 0.3) is 0 Å². The molecule has 3 amide bonds. The Morgan fingerprint density at radius 2 is 2.14 bits per heavy atom. The lowest BCUT2D eigenvalue weighted by Crippen LogP contribution is -2.51. The van der Waals surface area contributed by atoms with Crippen LogP contribution in [0.15, 0.2) is 12.1 Å². The molecule has 0 spiro atoms. The van der Waals surface area contributed by atoms with Crippen LogP contribution >= 0.6 is 11.3 Å². The molecule has 1 aromatic heterocycles. The molecule has 2 N–H and O–H groups in total. The van der Waals surface area contributed by atoms with Crippen LogP contribution in [-0.2, 0) is 17.8 Å². The molecule has 0 saturated carbocycles. The molecule has 0 aliphatic carbocycles. The zero-order valence-corrected chi connectivity index (χ0v) is 13.5. The lowest BCUT2D eigenvalue weighted by Gasteiger charge is -2.32. The maximum atomic E-state index is 12.2. The van der Waals surface area contributed by atoms with E-state index < -0.39 is 0 Å². The molecule has 0 radical (unpaired) electrons. The number of nitrogens with zero attached hydrogens (tertiary/aromatic N) is 1. The number of thiophene rings is 1. The monoisotopic (exact) mass is 309 g/mol. The molecule has 1 fully saturated rings. The van der Waals surface area contributed by atoms with Gasteiger partial charge in [-0.2, -0.15) is 0 Å². The fourth-order valence-electron chi connectivity index (χ4n) is 2.55. The van der Waals surface area contributed by atoms with Crippen molar-refractivity contribution >= 4 is 23.3 Å². The lowest BCUT2D eigenvalue weighted by atomic mass is 10.1. The minimum atomic E-state index is -0.0449. The molecule has 1 aliphatic rings. The van der Waals surface area contributed by atoms with Gasteiger partial charge in [-0.3, -0.25) is 4.79 Å². The molecule has 5 nitrogen and oxygen atoms in total. The second-order valence-electron chi connectivity index (χ2n) is 5.37. The molecule has 2 rings (SSSR count). The maximum absolute atomic E-state index is 12.2. The summed E-state index contributed by atoms with van der Waals surface area (Å²) < 4.78 is 0.